The van der Waals surface area contributed by atoms with Gasteiger partial charge in [-0.05, 0) is 67.9 Å². The summed E-state index contributed by atoms with van der Waals surface area (Å²) in [5.41, 5.74) is 2.57. The molecular formula is C31H32F3N7O. The highest BCUT2D eigenvalue weighted by Crippen LogP contribution is 2.48. The minimum absolute atomic E-state index is 0.0927. The lowest BCUT2D eigenvalue weighted by Crippen LogP contribution is -2.26. The summed E-state index contributed by atoms with van der Waals surface area (Å²) in [4.78, 5) is 21.3. The fourth-order valence-corrected chi connectivity index (χ4v) is 5.23. The summed E-state index contributed by atoms with van der Waals surface area (Å²) in [6.45, 7) is 9.90. The molecule has 0 bridgehead atoms. The average Bonchev–Trinajstić information content (AvgIpc) is 3.60. The molecule has 218 valence electrons. The van der Waals surface area contributed by atoms with Gasteiger partial charge in [0.05, 0.1) is 22.5 Å². The fraction of sp³-hybridized carbons (Fsp3) is 0.419. The Balaban J connectivity index is 1.66. The Labute approximate surface area is 242 Å². The van der Waals surface area contributed by atoms with E-state index in [1.165, 1.54) is 30.1 Å². The first-order valence-corrected chi connectivity index (χ1v) is 13.8. The summed E-state index contributed by atoms with van der Waals surface area (Å²) in [5, 5.41) is 22.2. The average molecular weight is 576 g/mol. The summed E-state index contributed by atoms with van der Waals surface area (Å²) in [6.07, 6.45) is 1.30. The van der Waals surface area contributed by atoms with Crippen molar-refractivity contribution >= 4 is 22.4 Å². The van der Waals surface area contributed by atoms with Crippen molar-refractivity contribution in [2.75, 3.05) is 11.9 Å². The molecule has 1 atom stereocenters. The first kappa shape index (κ1) is 29.2. The van der Waals surface area contributed by atoms with Crippen LogP contribution in [0.25, 0.3) is 10.9 Å². The number of nitrogens with zero attached hydrogens (tertiary/aromatic N) is 6. The monoisotopic (exact) mass is 575 g/mol. The Kier molecular flexibility index (Phi) is 7.51. The van der Waals surface area contributed by atoms with Crippen molar-refractivity contribution in [3.63, 3.8) is 0 Å². The van der Waals surface area contributed by atoms with Crippen molar-refractivity contribution in [3.8, 4) is 6.07 Å². The van der Waals surface area contributed by atoms with E-state index in [1.807, 2.05) is 6.07 Å². The van der Waals surface area contributed by atoms with Gasteiger partial charge in [0.15, 0.2) is 5.78 Å². The second kappa shape index (κ2) is 10.8. The Morgan fingerprint density at radius 2 is 1.98 bits per heavy atom. The third-order valence-electron chi connectivity index (χ3n) is 7.73. The molecule has 4 aromatic rings. The van der Waals surface area contributed by atoms with E-state index in [0.717, 1.165) is 5.56 Å². The van der Waals surface area contributed by atoms with Crippen molar-refractivity contribution in [1.29, 1.82) is 5.26 Å². The van der Waals surface area contributed by atoms with Crippen LogP contribution in [0.4, 0.5) is 18.9 Å². The van der Waals surface area contributed by atoms with Gasteiger partial charge in [-0.2, -0.15) is 9.65 Å². The molecule has 42 heavy (non-hydrogen) atoms. The van der Waals surface area contributed by atoms with Gasteiger partial charge in [0, 0.05) is 41.5 Å². The minimum Gasteiger partial charge on any atom is -0.383 e. The van der Waals surface area contributed by atoms with E-state index in [-0.39, 0.29) is 17.6 Å². The largest absolute Gasteiger partial charge is 0.383 e. The molecule has 0 amide bonds. The van der Waals surface area contributed by atoms with Gasteiger partial charge in [0.25, 0.3) is 6.43 Å². The van der Waals surface area contributed by atoms with E-state index in [4.69, 9.17) is 0 Å². The van der Waals surface area contributed by atoms with Crippen LogP contribution in [0.2, 0.25) is 0 Å². The molecule has 1 N–H and O–H groups in total. The van der Waals surface area contributed by atoms with E-state index < -0.39 is 23.8 Å². The first-order chi connectivity index (χ1) is 19.8. The summed E-state index contributed by atoms with van der Waals surface area (Å²) in [7, 11) is 0. The van der Waals surface area contributed by atoms with Crippen molar-refractivity contribution in [2.45, 2.75) is 71.8 Å². The number of anilines is 1. The van der Waals surface area contributed by atoms with Gasteiger partial charge in [-0.15, -0.1) is 5.10 Å². The zero-order chi connectivity index (χ0) is 30.4. The molecule has 0 saturated heterocycles. The van der Waals surface area contributed by atoms with Crippen molar-refractivity contribution < 1.29 is 18.0 Å². The number of hydrogen-bond acceptors (Lipinski definition) is 7. The van der Waals surface area contributed by atoms with Gasteiger partial charge in [-0.3, -0.25) is 9.78 Å². The smallest absolute Gasteiger partial charge is 0.263 e. The topological polar surface area (TPSA) is 109 Å². The van der Waals surface area contributed by atoms with Crippen LogP contribution in [0.15, 0.2) is 36.7 Å². The summed E-state index contributed by atoms with van der Waals surface area (Å²) in [6, 6.07) is 8.69. The third-order valence-corrected chi connectivity index (χ3v) is 7.73. The number of carbonyl (C=O) groups excluding carboxylic acids is 1. The number of aromatic nitrogens is 5. The fourth-order valence-electron chi connectivity index (χ4n) is 5.23. The molecule has 1 aliphatic rings. The summed E-state index contributed by atoms with van der Waals surface area (Å²) < 4.78 is 42.9. The van der Waals surface area contributed by atoms with Crippen molar-refractivity contribution in [3.05, 3.63) is 76.2 Å². The quantitative estimate of drug-likeness (QED) is 0.183. The molecule has 8 nitrogen and oxygen atoms in total. The Morgan fingerprint density at radius 3 is 2.57 bits per heavy atom. The number of rotatable bonds is 9. The number of halogens is 3. The lowest BCUT2D eigenvalue weighted by atomic mass is 9.87. The lowest BCUT2D eigenvalue weighted by Gasteiger charge is -2.22. The number of hydrogen-bond donors (Lipinski definition) is 1. The minimum atomic E-state index is -2.58. The first-order valence-electron chi connectivity index (χ1n) is 13.8. The van der Waals surface area contributed by atoms with Crippen LogP contribution in [0, 0.1) is 29.6 Å². The number of alkyl halides is 2. The highest BCUT2D eigenvalue weighted by atomic mass is 19.3. The Bertz CT molecular complexity index is 1710. The van der Waals surface area contributed by atoms with Crippen LogP contribution >= 0.6 is 0 Å². The maximum absolute atomic E-state index is 14.0. The molecule has 0 radical (unpaired) electrons. The molecule has 1 aromatic carbocycles. The Hall–Kier alpha value is -4.33. The van der Waals surface area contributed by atoms with Crippen LogP contribution in [-0.4, -0.2) is 43.7 Å². The molecule has 11 heteroatoms. The van der Waals surface area contributed by atoms with Gasteiger partial charge in [0.2, 0.25) is 5.95 Å². The molecule has 0 unspecified atom stereocenters. The third kappa shape index (κ3) is 5.58. The number of Topliss-reactive ketones (excluding diaryl/α,β-unsaturated/α-hetero) is 1. The summed E-state index contributed by atoms with van der Waals surface area (Å²) >= 11 is 0. The van der Waals surface area contributed by atoms with Crippen LogP contribution in [0.5, 0.6) is 0 Å². The molecule has 1 saturated carbocycles. The molecule has 3 heterocycles. The molecule has 3 aromatic heterocycles. The molecule has 1 fully saturated rings. The molecule has 1 aliphatic carbocycles. The van der Waals surface area contributed by atoms with Crippen LogP contribution in [0.1, 0.15) is 84.9 Å². The number of ketones is 1. The SMILES string of the molecule is CC(=O)c1cc(C[C@H](c2cn(C3(C(F)F)CC3)nn2)c2ccc(F)nc2C)cc2c(NCC(C)(C)C)c(C#N)cnc12. The number of nitriles is 1. The van der Waals surface area contributed by atoms with E-state index in [9.17, 15) is 23.2 Å². The second-order valence-corrected chi connectivity index (χ2v) is 12.2. The van der Waals surface area contributed by atoms with Gasteiger partial charge in [-0.1, -0.05) is 32.1 Å². The molecular weight excluding hydrogens is 543 g/mol. The van der Waals surface area contributed by atoms with E-state index in [0.29, 0.717) is 64.1 Å². The van der Waals surface area contributed by atoms with E-state index in [2.05, 4.69) is 52.4 Å². The normalized spacial score (nSPS) is 15.0. The number of fused-ring (bicyclic) bond motifs is 1. The molecule has 0 aliphatic heterocycles. The predicted octanol–water partition coefficient (Wildman–Crippen LogP) is 6.33. The summed E-state index contributed by atoms with van der Waals surface area (Å²) in [5.74, 6) is -1.37. The highest BCUT2D eigenvalue weighted by molar-refractivity contribution is 6.09. The Morgan fingerprint density at radius 1 is 1.24 bits per heavy atom. The zero-order valence-electron chi connectivity index (χ0n) is 24.2. The van der Waals surface area contributed by atoms with Crippen molar-refractivity contribution in [1.82, 2.24) is 25.0 Å². The van der Waals surface area contributed by atoms with Crippen LogP contribution in [-0.2, 0) is 12.0 Å². The molecule has 0 spiro atoms. The van der Waals surface area contributed by atoms with Gasteiger partial charge in [0.1, 0.15) is 11.6 Å². The number of aryl methyl sites for hydroxylation is 1. The maximum atomic E-state index is 14.0. The molecule has 5 rings (SSSR count). The lowest BCUT2D eigenvalue weighted by molar-refractivity contribution is 0.0593. The van der Waals surface area contributed by atoms with Crippen LogP contribution in [0.3, 0.4) is 0 Å². The standard InChI is InChI=1S/C31H32F3N7O/c1-17-21(6-7-26(32)38-17)23(25-15-41(40-39-25)31(8-9-31)29(33)34)11-19-10-22(18(2)42)28-24(12-19)27(20(13-35)14-36-28)37-16-30(3,4)5/h6-7,10,12,14-15,23,29H,8-9,11,16H2,1-5H3,(H,36,37)/t23-/m0/s1. The second-order valence-electron chi connectivity index (χ2n) is 12.2. The van der Waals surface area contributed by atoms with E-state index in [1.54, 1.807) is 19.1 Å². The number of benzene rings is 1. The van der Waals surface area contributed by atoms with Gasteiger partial charge in [-0.25, -0.2) is 18.4 Å². The number of nitrogens with one attached hydrogen (secondary N) is 1. The van der Waals surface area contributed by atoms with Gasteiger partial charge >= 0.3 is 0 Å². The highest BCUT2D eigenvalue weighted by Gasteiger charge is 2.54. The van der Waals surface area contributed by atoms with Gasteiger partial charge < -0.3 is 5.32 Å². The van der Waals surface area contributed by atoms with Crippen molar-refractivity contribution in [2.24, 2.45) is 5.41 Å². The maximum Gasteiger partial charge on any atom is 0.263 e. The zero-order valence-corrected chi connectivity index (χ0v) is 24.2. The predicted molar refractivity (Wildman–Crippen MR) is 152 cm³/mol. The van der Waals surface area contributed by atoms with E-state index >= 15 is 0 Å². The number of carbonyl (C=O) groups is 1. The van der Waals surface area contributed by atoms with Crippen LogP contribution < -0.4 is 5.32 Å². The number of pyridine rings is 2.